The Kier molecular flexibility index (Phi) is 4.61. The molecule has 156 valence electrons. The van der Waals surface area contributed by atoms with E-state index in [-0.39, 0.29) is 17.2 Å². The van der Waals surface area contributed by atoms with Crippen molar-refractivity contribution < 1.29 is 4.79 Å². The maximum absolute atomic E-state index is 13.6. The van der Waals surface area contributed by atoms with Gasteiger partial charge in [0.1, 0.15) is 0 Å². The van der Waals surface area contributed by atoms with Crippen molar-refractivity contribution in [3.63, 3.8) is 0 Å². The lowest BCUT2D eigenvalue weighted by atomic mass is 10.0. The number of aromatic nitrogens is 3. The zero-order valence-electron chi connectivity index (χ0n) is 17.1. The molecule has 0 unspecified atom stereocenters. The van der Waals surface area contributed by atoms with Crippen molar-refractivity contribution in [1.29, 1.82) is 0 Å². The highest BCUT2D eigenvalue weighted by molar-refractivity contribution is 7.10. The van der Waals surface area contributed by atoms with Crippen LogP contribution >= 0.6 is 11.3 Å². The second-order valence-electron chi connectivity index (χ2n) is 8.68. The van der Waals surface area contributed by atoms with Crippen LogP contribution in [0.15, 0.2) is 27.1 Å². The van der Waals surface area contributed by atoms with Gasteiger partial charge in [0.05, 0.1) is 10.9 Å². The Hall–Kier alpha value is -2.74. The number of hydrogen-bond donors (Lipinski definition) is 1. The van der Waals surface area contributed by atoms with E-state index in [9.17, 15) is 14.4 Å². The first-order chi connectivity index (χ1) is 14.4. The molecule has 3 aromatic heterocycles. The zero-order chi connectivity index (χ0) is 21.0. The SMILES string of the molecule is CC(C)Cn1c(=O)[nH]c(=O)c2c(C(=O)N3CCc4sccc4C3)cc(C3CC3)nc21. The molecule has 0 atom stereocenters. The van der Waals surface area contributed by atoms with Crippen molar-refractivity contribution in [2.75, 3.05) is 6.54 Å². The van der Waals surface area contributed by atoms with Crippen LogP contribution in [0.5, 0.6) is 0 Å². The molecular weight excluding hydrogens is 400 g/mol. The second kappa shape index (κ2) is 7.19. The van der Waals surface area contributed by atoms with Crippen LogP contribution in [0.2, 0.25) is 0 Å². The Morgan fingerprint density at radius 2 is 2.13 bits per heavy atom. The van der Waals surface area contributed by atoms with E-state index in [1.807, 2.05) is 13.8 Å². The van der Waals surface area contributed by atoms with Gasteiger partial charge in [0.2, 0.25) is 0 Å². The van der Waals surface area contributed by atoms with E-state index in [1.165, 1.54) is 15.0 Å². The molecule has 0 saturated heterocycles. The van der Waals surface area contributed by atoms with Crippen LogP contribution < -0.4 is 11.2 Å². The zero-order valence-corrected chi connectivity index (χ0v) is 17.9. The molecular formula is C22H24N4O3S. The minimum atomic E-state index is -0.540. The fourth-order valence-electron chi connectivity index (χ4n) is 4.18. The standard InChI is InChI=1S/C22H24N4O3S/c1-12(2)10-26-19-18(20(27)24-22(26)29)15(9-16(23-19)13-3-4-13)21(28)25-7-5-17-14(11-25)6-8-30-17/h6,8-9,12-13H,3-5,7,10-11H2,1-2H3,(H,24,27,29). The smallest absolute Gasteiger partial charge is 0.330 e. The molecule has 0 aromatic carbocycles. The topological polar surface area (TPSA) is 88.1 Å². The Labute approximate surface area is 177 Å². The Balaban J connectivity index is 1.68. The predicted octanol–water partition coefficient (Wildman–Crippen LogP) is 2.88. The molecule has 4 heterocycles. The molecule has 1 aliphatic carbocycles. The highest BCUT2D eigenvalue weighted by Crippen LogP contribution is 2.40. The number of nitrogens with zero attached hydrogens (tertiary/aromatic N) is 3. The third kappa shape index (κ3) is 3.29. The van der Waals surface area contributed by atoms with Gasteiger partial charge < -0.3 is 4.90 Å². The summed E-state index contributed by atoms with van der Waals surface area (Å²) in [6, 6.07) is 3.84. The molecule has 1 aliphatic heterocycles. The third-order valence-corrected chi connectivity index (χ3v) is 6.86. The van der Waals surface area contributed by atoms with E-state index in [0.717, 1.165) is 25.0 Å². The fraction of sp³-hybridized carbons (Fsp3) is 0.455. The molecule has 30 heavy (non-hydrogen) atoms. The van der Waals surface area contributed by atoms with Crippen LogP contribution in [-0.2, 0) is 19.5 Å². The summed E-state index contributed by atoms with van der Waals surface area (Å²) in [6.07, 6.45) is 2.86. The van der Waals surface area contributed by atoms with Gasteiger partial charge in [-0.1, -0.05) is 13.8 Å². The van der Waals surface area contributed by atoms with Crippen LogP contribution in [0.3, 0.4) is 0 Å². The molecule has 2 aliphatic rings. The van der Waals surface area contributed by atoms with E-state index in [4.69, 9.17) is 4.98 Å². The maximum atomic E-state index is 13.6. The molecule has 1 saturated carbocycles. The highest BCUT2D eigenvalue weighted by atomic mass is 32.1. The molecule has 1 N–H and O–H groups in total. The summed E-state index contributed by atoms with van der Waals surface area (Å²) in [7, 11) is 0. The molecule has 8 heteroatoms. The normalized spacial score (nSPS) is 16.3. The van der Waals surface area contributed by atoms with Crippen molar-refractivity contribution in [2.45, 2.75) is 52.1 Å². The highest BCUT2D eigenvalue weighted by Gasteiger charge is 2.31. The summed E-state index contributed by atoms with van der Waals surface area (Å²) >= 11 is 1.72. The van der Waals surface area contributed by atoms with Gasteiger partial charge in [0.15, 0.2) is 5.65 Å². The third-order valence-electron chi connectivity index (χ3n) is 5.84. The molecule has 0 radical (unpaired) electrons. The molecule has 5 rings (SSSR count). The number of amides is 1. The van der Waals surface area contributed by atoms with Gasteiger partial charge in [0.25, 0.3) is 11.5 Å². The molecule has 1 amide bonds. The van der Waals surface area contributed by atoms with E-state index in [1.54, 1.807) is 22.3 Å². The summed E-state index contributed by atoms with van der Waals surface area (Å²) in [5.74, 6) is 0.329. The predicted molar refractivity (Wildman–Crippen MR) is 116 cm³/mol. The lowest BCUT2D eigenvalue weighted by Gasteiger charge is -2.27. The summed E-state index contributed by atoms with van der Waals surface area (Å²) in [5.41, 5.74) is 1.66. The number of rotatable bonds is 4. The van der Waals surface area contributed by atoms with Gasteiger partial charge in [-0.15, -0.1) is 11.3 Å². The van der Waals surface area contributed by atoms with Crippen molar-refractivity contribution >= 4 is 28.3 Å². The average Bonchev–Trinajstić information content (AvgIpc) is 3.46. The van der Waals surface area contributed by atoms with Crippen LogP contribution in [0, 0.1) is 5.92 Å². The van der Waals surface area contributed by atoms with E-state index in [0.29, 0.717) is 36.8 Å². The number of carbonyl (C=O) groups excluding carboxylic acids is 1. The van der Waals surface area contributed by atoms with E-state index in [2.05, 4.69) is 16.4 Å². The summed E-state index contributed by atoms with van der Waals surface area (Å²) in [4.78, 5) is 49.2. The number of pyridine rings is 1. The van der Waals surface area contributed by atoms with Gasteiger partial charge in [-0.25, -0.2) is 9.78 Å². The van der Waals surface area contributed by atoms with Crippen molar-refractivity contribution in [1.82, 2.24) is 19.4 Å². The number of H-pyrrole nitrogens is 1. The summed E-state index contributed by atoms with van der Waals surface area (Å²) < 4.78 is 1.51. The number of nitrogens with one attached hydrogen (secondary N) is 1. The van der Waals surface area contributed by atoms with Crippen LogP contribution in [-0.4, -0.2) is 31.9 Å². The minimum absolute atomic E-state index is 0.165. The van der Waals surface area contributed by atoms with Crippen LogP contribution in [0.25, 0.3) is 11.0 Å². The Morgan fingerprint density at radius 3 is 2.87 bits per heavy atom. The Morgan fingerprint density at radius 1 is 1.33 bits per heavy atom. The number of aromatic amines is 1. The molecule has 0 spiro atoms. The number of hydrogen-bond acceptors (Lipinski definition) is 5. The van der Waals surface area contributed by atoms with Gasteiger partial charge in [-0.3, -0.25) is 19.1 Å². The lowest BCUT2D eigenvalue weighted by Crippen LogP contribution is -2.37. The van der Waals surface area contributed by atoms with Crippen LogP contribution in [0.4, 0.5) is 0 Å². The first kappa shape index (κ1) is 19.2. The Bertz CT molecular complexity index is 1270. The first-order valence-electron chi connectivity index (χ1n) is 10.4. The summed E-state index contributed by atoms with van der Waals surface area (Å²) in [5, 5.41) is 2.28. The van der Waals surface area contributed by atoms with Crippen molar-refractivity contribution in [3.8, 4) is 0 Å². The van der Waals surface area contributed by atoms with E-state index < -0.39 is 11.2 Å². The first-order valence-corrected chi connectivity index (χ1v) is 11.3. The largest absolute Gasteiger partial charge is 0.334 e. The summed E-state index contributed by atoms with van der Waals surface area (Å²) in [6.45, 7) is 5.61. The fourth-order valence-corrected chi connectivity index (χ4v) is 5.07. The van der Waals surface area contributed by atoms with Crippen LogP contribution in [0.1, 0.15) is 59.1 Å². The molecule has 3 aromatic rings. The van der Waals surface area contributed by atoms with Crippen molar-refractivity contribution in [3.05, 3.63) is 60.0 Å². The monoisotopic (exact) mass is 424 g/mol. The van der Waals surface area contributed by atoms with Gasteiger partial charge in [-0.05, 0) is 48.3 Å². The van der Waals surface area contributed by atoms with E-state index >= 15 is 0 Å². The molecule has 7 nitrogen and oxygen atoms in total. The molecule has 0 bridgehead atoms. The van der Waals surface area contributed by atoms with Gasteiger partial charge >= 0.3 is 5.69 Å². The number of fused-ring (bicyclic) bond motifs is 2. The van der Waals surface area contributed by atoms with Gasteiger partial charge in [-0.2, -0.15) is 0 Å². The number of thiophene rings is 1. The molecule has 1 fully saturated rings. The van der Waals surface area contributed by atoms with Gasteiger partial charge in [0, 0.05) is 36.1 Å². The quantitative estimate of drug-likeness (QED) is 0.698. The maximum Gasteiger partial charge on any atom is 0.330 e. The minimum Gasteiger partial charge on any atom is -0.334 e. The second-order valence-corrected chi connectivity index (χ2v) is 9.68. The lowest BCUT2D eigenvalue weighted by molar-refractivity contribution is 0.0737. The van der Waals surface area contributed by atoms with Crippen molar-refractivity contribution in [2.24, 2.45) is 5.92 Å². The number of carbonyl (C=O) groups is 1. The average molecular weight is 425 g/mol.